The molecule has 1 aliphatic rings. The Morgan fingerprint density at radius 3 is 2.57 bits per heavy atom. The van der Waals surface area contributed by atoms with Crippen molar-refractivity contribution >= 4 is 23.5 Å². The number of nitrogens with zero attached hydrogens (tertiary/aromatic N) is 1. The third-order valence-corrected chi connectivity index (χ3v) is 3.39. The fourth-order valence-corrected chi connectivity index (χ4v) is 2.16. The minimum atomic E-state index is -0.992. The molecule has 1 aromatic rings. The van der Waals surface area contributed by atoms with Gasteiger partial charge in [-0.2, -0.15) is 5.10 Å². The van der Waals surface area contributed by atoms with Gasteiger partial charge in [-0.3, -0.25) is 14.4 Å². The summed E-state index contributed by atoms with van der Waals surface area (Å²) >= 11 is 0. The molecular formula is C15H16FN3O4. The minimum Gasteiger partial charge on any atom is -0.481 e. The van der Waals surface area contributed by atoms with Crippen LogP contribution in [-0.4, -0.2) is 28.6 Å². The van der Waals surface area contributed by atoms with Gasteiger partial charge < -0.3 is 10.4 Å². The summed E-state index contributed by atoms with van der Waals surface area (Å²) in [4.78, 5) is 34.0. The van der Waals surface area contributed by atoms with Crippen molar-refractivity contribution in [2.75, 3.05) is 0 Å². The lowest BCUT2D eigenvalue weighted by Gasteiger charge is -2.20. The van der Waals surface area contributed by atoms with E-state index in [9.17, 15) is 18.8 Å². The Hall–Kier alpha value is -2.77. The fourth-order valence-electron chi connectivity index (χ4n) is 2.16. The number of aliphatic carboxylic acids is 1. The Bertz CT molecular complexity index is 643. The van der Waals surface area contributed by atoms with Crippen LogP contribution in [0.25, 0.3) is 0 Å². The van der Waals surface area contributed by atoms with E-state index in [0.29, 0.717) is 5.56 Å². The number of hydrazone groups is 1. The van der Waals surface area contributed by atoms with Crippen LogP contribution in [-0.2, 0) is 14.4 Å². The van der Waals surface area contributed by atoms with Crippen molar-refractivity contribution in [3.8, 4) is 0 Å². The first-order valence-electron chi connectivity index (χ1n) is 7.09. The SMILES string of the molecule is O=C(O)CCC(NC(=O)C1=NNC(=O)CC1)c1ccc(F)cc1. The third-order valence-electron chi connectivity index (χ3n) is 3.39. The van der Waals surface area contributed by atoms with E-state index in [2.05, 4.69) is 15.8 Å². The predicted octanol–water partition coefficient (Wildman–Crippen LogP) is 1.11. The van der Waals surface area contributed by atoms with Crippen LogP contribution in [0, 0.1) is 5.82 Å². The molecule has 0 aliphatic carbocycles. The number of hydrogen-bond acceptors (Lipinski definition) is 4. The summed E-state index contributed by atoms with van der Waals surface area (Å²) in [5.41, 5.74) is 3.00. The van der Waals surface area contributed by atoms with Crippen LogP contribution in [0.4, 0.5) is 4.39 Å². The summed E-state index contributed by atoms with van der Waals surface area (Å²) in [6, 6.07) is 4.89. The van der Waals surface area contributed by atoms with Gasteiger partial charge in [0.1, 0.15) is 11.5 Å². The van der Waals surface area contributed by atoms with Crippen LogP contribution in [0.1, 0.15) is 37.3 Å². The fraction of sp³-hybridized carbons (Fsp3) is 0.333. The summed E-state index contributed by atoms with van der Waals surface area (Å²) < 4.78 is 13.0. The molecule has 1 aromatic carbocycles. The number of carboxylic acid groups (broad SMARTS) is 1. The molecule has 0 saturated heterocycles. The molecule has 2 rings (SSSR count). The van der Waals surface area contributed by atoms with Gasteiger partial charge in [-0.15, -0.1) is 0 Å². The first-order valence-corrected chi connectivity index (χ1v) is 7.09. The van der Waals surface area contributed by atoms with E-state index < -0.39 is 23.7 Å². The maximum absolute atomic E-state index is 13.0. The van der Waals surface area contributed by atoms with Gasteiger partial charge in [0.2, 0.25) is 5.91 Å². The Labute approximate surface area is 131 Å². The zero-order valence-corrected chi connectivity index (χ0v) is 12.2. The number of carbonyl (C=O) groups is 3. The molecule has 2 amide bonds. The lowest BCUT2D eigenvalue weighted by Crippen LogP contribution is -2.38. The number of carboxylic acids is 1. The molecule has 1 unspecified atom stereocenters. The van der Waals surface area contributed by atoms with E-state index in [0.717, 1.165) is 0 Å². The largest absolute Gasteiger partial charge is 0.481 e. The van der Waals surface area contributed by atoms with E-state index in [1.807, 2.05) is 0 Å². The molecular weight excluding hydrogens is 305 g/mol. The molecule has 0 spiro atoms. The minimum absolute atomic E-state index is 0.147. The Morgan fingerprint density at radius 2 is 2.00 bits per heavy atom. The highest BCUT2D eigenvalue weighted by Gasteiger charge is 2.22. The van der Waals surface area contributed by atoms with Crippen LogP contribution >= 0.6 is 0 Å². The van der Waals surface area contributed by atoms with Gasteiger partial charge in [0, 0.05) is 19.3 Å². The zero-order chi connectivity index (χ0) is 16.8. The molecule has 1 aliphatic heterocycles. The van der Waals surface area contributed by atoms with E-state index in [-0.39, 0.29) is 37.3 Å². The van der Waals surface area contributed by atoms with Crippen LogP contribution in [0.3, 0.4) is 0 Å². The number of nitrogens with one attached hydrogen (secondary N) is 2. The second-order valence-corrected chi connectivity index (χ2v) is 5.10. The number of halogens is 1. The number of carbonyl (C=O) groups excluding carboxylic acids is 2. The molecule has 1 heterocycles. The van der Waals surface area contributed by atoms with Gasteiger partial charge in [0.25, 0.3) is 5.91 Å². The summed E-state index contributed by atoms with van der Waals surface area (Å²) in [7, 11) is 0. The number of benzene rings is 1. The summed E-state index contributed by atoms with van der Waals surface area (Å²) in [6.07, 6.45) is 0.396. The highest BCUT2D eigenvalue weighted by Crippen LogP contribution is 2.19. The van der Waals surface area contributed by atoms with Crippen molar-refractivity contribution in [3.05, 3.63) is 35.6 Å². The van der Waals surface area contributed by atoms with E-state index in [1.54, 1.807) is 0 Å². The molecule has 0 aromatic heterocycles. The van der Waals surface area contributed by atoms with Crippen molar-refractivity contribution in [3.63, 3.8) is 0 Å². The third kappa shape index (κ3) is 4.87. The predicted molar refractivity (Wildman–Crippen MR) is 79.0 cm³/mol. The van der Waals surface area contributed by atoms with Crippen molar-refractivity contribution < 1.29 is 23.9 Å². The summed E-state index contributed by atoms with van der Waals surface area (Å²) in [5, 5.41) is 15.2. The molecule has 1 atom stereocenters. The van der Waals surface area contributed by atoms with Gasteiger partial charge in [-0.1, -0.05) is 12.1 Å². The van der Waals surface area contributed by atoms with Gasteiger partial charge in [0.05, 0.1) is 6.04 Å². The second-order valence-electron chi connectivity index (χ2n) is 5.10. The normalized spacial score (nSPS) is 15.3. The molecule has 8 heteroatoms. The quantitative estimate of drug-likeness (QED) is 0.729. The highest BCUT2D eigenvalue weighted by atomic mass is 19.1. The zero-order valence-electron chi connectivity index (χ0n) is 12.2. The molecule has 122 valence electrons. The monoisotopic (exact) mass is 321 g/mol. The van der Waals surface area contributed by atoms with Crippen molar-refractivity contribution in [1.29, 1.82) is 0 Å². The lowest BCUT2D eigenvalue weighted by molar-refractivity contribution is -0.137. The topological polar surface area (TPSA) is 108 Å². The smallest absolute Gasteiger partial charge is 0.303 e. The summed E-state index contributed by atoms with van der Waals surface area (Å²) in [6.45, 7) is 0. The van der Waals surface area contributed by atoms with Crippen molar-refractivity contribution in [2.24, 2.45) is 5.10 Å². The standard InChI is InChI=1S/C15H16FN3O4/c16-10-3-1-9(2-4-10)11(6-8-14(21)22)17-15(23)12-5-7-13(20)19-18-12/h1-4,11H,5-8H2,(H,17,23)(H,19,20)(H,21,22). The van der Waals surface area contributed by atoms with Gasteiger partial charge in [-0.05, 0) is 24.1 Å². The van der Waals surface area contributed by atoms with Crippen LogP contribution in [0.5, 0.6) is 0 Å². The highest BCUT2D eigenvalue weighted by molar-refractivity contribution is 6.39. The maximum Gasteiger partial charge on any atom is 0.303 e. The van der Waals surface area contributed by atoms with Gasteiger partial charge >= 0.3 is 5.97 Å². The molecule has 3 N–H and O–H groups in total. The number of rotatable bonds is 6. The van der Waals surface area contributed by atoms with E-state index in [1.165, 1.54) is 24.3 Å². The Kier molecular flexibility index (Phi) is 5.40. The van der Waals surface area contributed by atoms with Gasteiger partial charge in [0.15, 0.2) is 0 Å². The van der Waals surface area contributed by atoms with Crippen molar-refractivity contribution in [2.45, 2.75) is 31.7 Å². The van der Waals surface area contributed by atoms with Crippen LogP contribution < -0.4 is 10.7 Å². The summed E-state index contributed by atoms with van der Waals surface area (Å²) in [5.74, 6) is -2.16. The number of amides is 2. The molecule has 0 saturated carbocycles. The Morgan fingerprint density at radius 1 is 1.30 bits per heavy atom. The van der Waals surface area contributed by atoms with Gasteiger partial charge in [-0.25, -0.2) is 9.82 Å². The van der Waals surface area contributed by atoms with Crippen LogP contribution in [0.2, 0.25) is 0 Å². The van der Waals surface area contributed by atoms with E-state index in [4.69, 9.17) is 5.11 Å². The molecule has 0 fully saturated rings. The average molecular weight is 321 g/mol. The Balaban J connectivity index is 2.10. The molecule has 23 heavy (non-hydrogen) atoms. The average Bonchev–Trinajstić information content (AvgIpc) is 2.52. The van der Waals surface area contributed by atoms with Crippen molar-refractivity contribution in [1.82, 2.24) is 10.7 Å². The first kappa shape index (κ1) is 16.6. The number of hydrogen-bond donors (Lipinski definition) is 3. The molecule has 0 bridgehead atoms. The molecule has 7 nitrogen and oxygen atoms in total. The lowest BCUT2D eigenvalue weighted by atomic mass is 10.0. The second kappa shape index (κ2) is 7.48. The molecule has 0 radical (unpaired) electrons. The van der Waals surface area contributed by atoms with Crippen LogP contribution in [0.15, 0.2) is 29.4 Å². The maximum atomic E-state index is 13.0. The van der Waals surface area contributed by atoms with E-state index >= 15 is 0 Å². The first-order chi connectivity index (χ1) is 11.0.